The Kier molecular flexibility index (Phi) is 10.3. The van der Waals surface area contributed by atoms with Gasteiger partial charge in [0.05, 0.1) is 4.92 Å². The van der Waals surface area contributed by atoms with Crippen molar-refractivity contribution in [3.05, 3.63) is 39.9 Å². The normalized spacial score (nSPS) is 16.9. The second kappa shape index (κ2) is 11.9. The minimum absolute atomic E-state index is 0. The maximum atomic E-state index is 12.9. The maximum absolute atomic E-state index is 12.9. The molecule has 1 aromatic carbocycles. The smallest absolute Gasteiger partial charge is 0.270 e. The Bertz CT molecular complexity index is 691. The van der Waals surface area contributed by atoms with Crippen molar-refractivity contribution in [1.29, 1.82) is 0 Å². The van der Waals surface area contributed by atoms with E-state index in [-0.39, 0.29) is 29.6 Å². The summed E-state index contributed by atoms with van der Waals surface area (Å²) < 4.78 is 0. The molecule has 1 saturated heterocycles. The first-order chi connectivity index (χ1) is 13.0. The van der Waals surface area contributed by atoms with E-state index in [9.17, 15) is 19.7 Å². The van der Waals surface area contributed by atoms with Crippen LogP contribution in [-0.2, 0) is 4.79 Å². The number of nitro benzene ring substituents is 1. The summed E-state index contributed by atoms with van der Waals surface area (Å²) in [7, 11) is 1.89. The van der Waals surface area contributed by atoms with Crippen molar-refractivity contribution in [3.63, 3.8) is 0 Å². The Morgan fingerprint density at radius 1 is 1.43 bits per heavy atom. The monoisotopic (exact) mass is 430 g/mol. The maximum Gasteiger partial charge on any atom is 0.270 e. The molecule has 0 bridgehead atoms. The van der Waals surface area contributed by atoms with Crippen LogP contribution in [0.2, 0.25) is 0 Å². The number of nitro groups is 1. The molecule has 1 aliphatic rings. The zero-order valence-corrected chi connectivity index (χ0v) is 17.7. The number of carbonyl (C=O) groups is 2. The van der Waals surface area contributed by atoms with Gasteiger partial charge in [0.2, 0.25) is 5.91 Å². The Balaban J connectivity index is 0.00000392. The van der Waals surface area contributed by atoms with Gasteiger partial charge in [-0.3, -0.25) is 19.7 Å². The average Bonchev–Trinajstić information content (AvgIpc) is 3.13. The lowest BCUT2D eigenvalue weighted by Crippen LogP contribution is -2.48. The number of benzene rings is 1. The zero-order chi connectivity index (χ0) is 19.8. The largest absolute Gasteiger partial charge is 0.341 e. The van der Waals surface area contributed by atoms with E-state index in [1.165, 1.54) is 24.3 Å². The standard InChI is InChI=1S/C18H26N4O4S.ClH/c1-19-11-13-6-8-21(12-13)18(24)16(7-9-27-2)20-17(23)14-4-3-5-15(10-14)22(25)26;/h3-5,10,13,16,19H,6-9,11-12H2,1-2H3,(H,20,23);1H. The van der Waals surface area contributed by atoms with Crippen molar-refractivity contribution in [2.45, 2.75) is 18.9 Å². The van der Waals surface area contributed by atoms with Crippen LogP contribution in [0.3, 0.4) is 0 Å². The molecule has 8 nitrogen and oxygen atoms in total. The second-order valence-electron chi connectivity index (χ2n) is 6.61. The van der Waals surface area contributed by atoms with Gasteiger partial charge in [-0.05, 0) is 50.4 Å². The summed E-state index contributed by atoms with van der Waals surface area (Å²) in [5.41, 5.74) is 0.0322. The van der Waals surface area contributed by atoms with Crippen LogP contribution in [0.4, 0.5) is 5.69 Å². The van der Waals surface area contributed by atoms with E-state index in [1.54, 1.807) is 16.7 Å². The molecule has 0 saturated carbocycles. The van der Waals surface area contributed by atoms with Crippen molar-refractivity contribution < 1.29 is 14.5 Å². The molecule has 1 heterocycles. The molecular weight excluding hydrogens is 404 g/mol. The Labute approximate surface area is 175 Å². The van der Waals surface area contributed by atoms with Gasteiger partial charge in [0.1, 0.15) is 6.04 Å². The highest BCUT2D eigenvalue weighted by Gasteiger charge is 2.31. The van der Waals surface area contributed by atoms with Crippen molar-refractivity contribution in [2.75, 3.05) is 38.7 Å². The number of carbonyl (C=O) groups excluding carboxylic acids is 2. The lowest BCUT2D eigenvalue weighted by molar-refractivity contribution is -0.384. The summed E-state index contributed by atoms with van der Waals surface area (Å²) in [6, 6.07) is 4.91. The predicted molar refractivity (Wildman–Crippen MR) is 113 cm³/mol. The van der Waals surface area contributed by atoms with Gasteiger partial charge in [-0.25, -0.2) is 0 Å². The molecule has 1 aliphatic heterocycles. The molecule has 0 aromatic heterocycles. The molecule has 10 heteroatoms. The zero-order valence-electron chi connectivity index (χ0n) is 16.1. The number of hydrogen-bond donors (Lipinski definition) is 2. The summed E-state index contributed by atoms with van der Waals surface area (Å²) in [5, 5.41) is 16.8. The van der Waals surface area contributed by atoms with E-state index in [0.29, 0.717) is 25.4 Å². The van der Waals surface area contributed by atoms with Crippen molar-refractivity contribution >= 4 is 41.7 Å². The van der Waals surface area contributed by atoms with Gasteiger partial charge >= 0.3 is 0 Å². The van der Waals surface area contributed by atoms with E-state index in [1.807, 2.05) is 13.3 Å². The molecule has 2 unspecified atom stereocenters. The fourth-order valence-corrected chi connectivity index (χ4v) is 3.68. The highest BCUT2D eigenvalue weighted by molar-refractivity contribution is 7.98. The fourth-order valence-electron chi connectivity index (χ4n) is 3.20. The van der Waals surface area contributed by atoms with Gasteiger partial charge in [-0.2, -0.15) is 11.8 Å². The number of rotatable bonds is 9. The van der Waals surface area contributed by atoms with Gasteiger partial charge in [0, 0.05) is 30.8 Å². The second-order valence-corrected chi connectivity index (χ2v) is 7.60. The Hall–Kier alpha value is -1.84. The number of nitrogens with one attached hydrogen (secondary N) is 2. The third kappa shape index (κ3) is 6.65. The summed E-state index contributed by atoms with van der Waals surface area (Å²) in [6.07, 6.45) is 3.41. The van der Waals surface area contributed by atoms with Gasteiger partial charge in [0.25, 0.3) is 11.6 Å². The number of non-ortho nitro benzene ring substituents is 1. The number of amides is 2. The molecule has 2 rings (SSSR count). The van der Waals surface area contributed by atoms with Crippen LogP contribution in [0.15, 0.2) is 24.3 Å². The van der Waals surface area contributed by atoms with Gasteiger partial charge < -0.3 is 15.5 Å². The van der Waals surface area contributed by atoms with Crippen molar-refractivity contribution in [1.82, 2.24) is 15.5 Å². The molecule has 0 aliphatic carbocycles. The summed E-state index contributed by atoms with van der Waals surface area (Å²) in [5.74, 6) is 0.609. The molecule has 2 N–H and O–H groups in total. The third-order valence-electron chi connectivity index (χ3n) is 4.62. The topological polar surface area (TPSA) is 105 Å². The molecule has 156 valence electrons. The fraction of sp³-hybridized carbons (Fsp3) is 0.556. The van der Waals surface area contributed by atoms with Crippen LogP contribution in [0.25, 0.3) is 0 Å². The average molecular weight is 431 g/mol. The number of halogens is 1. The Morgan fingerprint density at radius 2 is 2.18 bits per heavy atom. The van der Waals surface area contributed by atoms with Crippen LogP contribution in [-0.4, -0.2) is 66.4 Å². The molecule has 0 spiro atoms. The minimum atomic E-state index is -0.627. The summed E-state index contributed by atoms with van der Waals surface area (Å²) in [6.45, 7) is 2.23. The molecular formula is C18H27ClN4O4S. The van der Waals surface area contributed by atoms with Crippen LogP contribution in [0, 0.1) is 16.0 Å². The van der Waals surface area contributed by atoms with Gasteiger partial charge in [0.15, 0.2) is 0 Å². The van der Waals surface area contributed by atoms with Crippen molar-refractivity contribution in [2.24, 2.45) is 5.92 Å². The van der Waals surface area contributed by atoms with E-state index < -0.39 is 16.9 Å². The van der Waals surface area contributed by atoms with Crippen LogP contribution >= 0.6 is 24.2 Å². The van der Waals surface area contributed by atoms with Gasteiger partial charge in [-0.1, -0.05) is 6.07 Å². The predicted octanol–water partition coefficient (Wildman–Crippen LogP) is 1.94. The first-order valence-corrected chi connectivity index (χ1v) is 10.3. The van der Waals surface area contributed by atoms with Gasteiger partial charge in [-0.15, -0.1) is 12.4 Å². The van der Waals surface area contributed by atoms with E-state index in [4.69, 9.17) is 0 Å². The number of nitrogens with zero attached hydrogens (tertiary/aromatic N) is 2. The molecule has 0 radical (unpaired) electrons. The first kappa shape index (κ1) is 24.2. The van der Waals surface area contributed by atoms with Crippen LogP contribution in [0.5, 0.6) is 0 Å². The molecule has 1 aromatic rings. The van der Waals surface area contributed by atoms with E-state index in [0.717, 1.165) is 18.7 Å². The number of thioether (sulfide) groups is 1. The summed E-state index contributed by atoms with van der Waals surface area (Å²) >= 11 is 1.61. The van der Waals surface area contributed by atoms with Crippen LogP contribution < -0.4 is 10.6 Å². The lowest BCUT2D eigenvalue weighted by Gasteiger charge is -2.24. The quantitative estimate of drug-likeness (QED) is 0.458. The molecule has 2 amide bonds. The minimum Gasteiger partial charge on any atom is -0.341 e. The number of hydrogen-bond acceptors (Lipinski definition) is 6. The lowest BCUT2D eigenvalue weighted by atomic mass is 10.1. The SMILES string of the molecule is CNCC1CCN(C(=O)C(CCSC)NC(=O)c2cccc([N+](=O)[O-])c2)C1.Cl. The third-order valence-corrected chi connectivity index (χ3v) is 5.27. The first-order valence-electron chi connectivity index (χ1n) is 8.94. The summed E-state index contributed by atoms with van der Waals surface area (Å²) in [4.78, 5) is 37.6. The highest BCUT2D eigenvalue weighted by atomic mass is 35.5. The van der Waals surface area contributed by atoms with Crippen LogP contribution in [0.1, 0.15) is 23.2 Å². The van der Waals surface area contributed by atoms with E-state index >= 15 is 0 Å². The van der Waals surface area contributed by atoms with Crippen molar-refractivity contribution in [3.8, 4) is 0 Å². The number of likely N-dealkylation sites (tertiary alicyclic amines) is 1. The molecule has 2 atom stereocenters. The highest BCUT2D eigenvalue weighted by Crippen LogP contribution is 2.18. The van der Waals surface area contributed by atoms with E-state index in [2.05, 4.69) is 10.6 Å². The molecule has 28 heavy (non-hydrogen) atoms. The Morgan fingerprint density at radius 3 is 2.82 bits per heavy atom. The molecule has 1 fully saturated rings.